The van der Waals surface area contributed by atoms with Gasteiger partial charge in [0.25, 0.3) is 0 Å². The van der Waals surface area contributed by atoms with Gasteiger partial charge in [0, 0.05) is 6.04 Å². The molecule has 0 aromatic carbocycles. The van der Waals surface area contributed by atoms with Gasteiger partial charge in [-0.2, -0.15) is 0 Å². The van der Waals surface area contributed by atoms with Gasteiger partial charge in [-0.15, -0.1) is 5.73 Å². The molecule has 1 nitrogen and oxygen atoms in total. The molecule has 0 amide bonds. The van der Waals surface area contributed by atoms with Gasteiger partial charge in [0.15, 0.2) is 0 Å². The number of likely N-dealkylation sites (tertiary alicyclic amines) is 1. The zero-order chi connectivity index (χ0) is 10.9. The Morgan fingerprint density at radius 2 is 2.20 bits per heavy atom. The zero-order valence-electron chi connectivity index (χ0n) is 10.3. The average Bonchev–Trinajstić information content (AvgIpc) is 2.63. The molecule has 0 N–H and O–H groups in total. The minimum atomic E-state index is 0.650. The van der Waals surface area contributed by atoms with Gasteiger partial charge in [-0.25, -0.2) is 0 Å². The van der Waals surface area contributed by atoms with E-state index in [2.05, 4.69) is 36.8 Å². The zero-order valence-corrected chi connectivity index (χ0v) is 10.3. The van der Waals surface area contributed by atoms with E-state index in [9.17, 15) is 0 Å². The van der Waals surface area contributed by atoms with Gasteiger partial charge < -0.3 is 0 Å². The summed E-state index contributed by atoms with van der Waals surface area (Å²) in [4.78, 5) is 2.41. The summed E-state index contributed by atoms with van der Waals surface area (Å²) in [5.41, 5.74) is 3.34. The fraction of sp³-hybridized carbons (Fsp3) is 0.786. The van der Waals surface area contributed by atoms with Crippen LogP contribution in [0.1, 0.15) is 51.9 Å². The minimum Gasteiger partial charge on any atom is -0.299 e. The minimum absolute atomic E-state index is 0.650. The molecule has 1 fully saturated rings. The largest absolute Gasteiger partial charge is 0.299 e. The fourth-order valence-corrected chi connectivity index (χ4v) is 2.08. The summed E-state index contributed by atoms with van der Waals surface area (Å²) in [7, 11) is 2.21. The van der Waals surface area contributed by atoms with E-state index in [0.29, 0.717) is 6.04 Å². The van der Waals surface area contributed by atoms with Crippen molar-refractivity contribution in [3.63, 3.8) is 0 Å². The molecule has 1 atom stereocenters. The first-order chi connectivity index (χ1) is 7.34. The monoisotopic (exact) mass is 207 g/mol. The van der Waals surface area contributed by atoms with E-state index in [-0.39, 0.29) is 0 Å². The molecule has 0 bridgehead atoms. The van der Waals surface area contributed by atoms with Crippen LogP contribution < -0.4 is 0 Å². The molecule has 1 heteroatoms. The van der Waals surface area contributed by atoms with Crippen LogP contribution in [0.25, 0.3) is 0 Å². The summed E-state index contributed by atoms with van der Waals surface area (Å²) in [6, 6.07) is 0.650. The molecule has 1 aliphatic heterocycles. The Labute approximate surface area is 94.9 Å². The second-order valence-electron chi connectivity index (χ2n) is 4.58. The van der Waals surface area contributed by atoms with Crippen LogP contribution in [0.15, 0.2) is 17.9 Å². The van der Waals surface area contributed by atoms with Crippen LogP contribution >= 0.6 is 0 Å². The third-order valence-electron chi connectivity index (χ3n) is 3.19. The molecular formula is C14H25N. The quantitative estimate of drug-likeness (QED) is 0.473. The van der Waals surface area contributed by atoms with E-state index < -0.39 is 0 Å². The maximum Gasteiger partial charge on any atom is 0.0349 e. The standard InChI is InChI=1S/C14H25N/c1-3-4-5-6-7-8-9-11-14-12-10-13-15(14)2/h8,11,14H,3-7,10,12-13H2,1-2H3. The number of likely N-dealkylation sites (N-methyl/N-ethyl adjacent to an activating group) is 1. The number of rotatable bonds is 6. The normalized spacial score (nSPS) is 21.3. The number of unbranched alkanes of at least 4 members (excludes halogenated alkanes) is 4. The molecule has 86 valence electrons. The lowest BCUT2D eigenvalue weighted by Crippen LogP contribution is -2.22. The van der Waals surface area contributed by atoms with Crippen LogP contribution in [0.2, 0.25) is 0 Å². The Bertz CT molecular complexity index is 213. The molecule has 1 heterocycles. The second kappa shape index (κ2) is 7.73. The summed E-state index contributed by atoms with van der Waals surface area (Å²) in [5, 5.41) is 0. The Morgan fingerprint density at radius 1 is 1.33 bits per heavy atom. The first-order valence-corrected chi connectivity index (χ1v) is 6.46. The first kappa shape index (κ1) is 12.5. The Kier molecular flexibility index (Phi) is 6.47. The molecule has 1 aliphatic rings. The van der Waals surface area contributed by atoms with Crippen molar-refractivity contribution in [1.29, 1.82) is 0 Å². The lowest BCUT2D eigenvalue weighted by molar-refractivity contribution is 0.357. The highest BCUT2D eigenvalue weighted by atomic mass is 15.1. The SMILES string of the molecule is CCCCCCC=C=CC1CCCN1C. The Hall–Kier alpha value is -0.520. The van der Waals surface area contributed by atoms with Crippen molar-refractivity contribution in [2.45, 2.75) is 57.9 Å². The molecule has 0 radical (unpaired) electrons. The second-order valence-corrected chi connectivity index (χ2v) is 4.58. The molecule has 1 unspecified atom stereocenters. The third kappa shape index (κ3) is 5.20. The highest BCUT2D eigenvalue weighted by Gasteiger charge is 2.17. The average molecular weight is 207 g/mol. The van der Waals surface area contributed by atoms with Crippen LogP contribution in [-0.2, 0) is 0 Å². The van der Waals surface area contributed by atoms with Crippen LogP contribution in [0.4, 0.5) is 0 Å². The van der Waals surface area contributed by atoms with E-state index in [1.165, 1.54) is 51.5 Å². The molecule has 0 aromatic heterocycles. The summed E-state index contributed by atoms with van der Waals surface area (Å²) in [6.07, 6.45) is 13.7. The molecule has 15 heavy (non-hydrogen) atoms. The van der Waals surface area contributed by atoms with Crippen LogP contribution in [0.5, 0.6) is 0 Å². The van der Waals surface area contributed by atoms with Crippen molar-refractivity contribution in [3.05, 3.63) is 17.9 Å². The molecule has 0 spiro atoms. The molecule has 0 saturated carbocycles. The van der Waals surface area contributed by atoms with Gasteiger partial charge in [0.2, 0.25) is 0 Å². The van der Waals surface area contributed by atoms with E-state index in [4.69, 9.17) is 0 Å². The molecular weight excluding hydrogens is 182 g/mol. The summed E-state index contributed by atoms with van der Waals surface area (Å²) in [6.45, 7) is 3.50. The van der Waals surface area contributed by atoms with Crippen molar-refractivity contribution in [1.82, 2.24) is 4.90 Å². The predicted octanol–water partition coefficient (Wildman–Crippen LogP) is 3.76. The van der Waals surface area contributed by atoms with Gasteiger partial charge >= 0.3 is 0 Å². The van der Waals surface area contributed by atoms with Gasteiger partial charge in [0.05, 0.1) is 0 Å². The van der Waals surface area contributed by atoms with Crippen molar-refractivity contribution < 1.29 is 0 Å². The number of hydrogen-bond acceptors (Lipinski definition) is 1. The smallest absolute Gasteiger partial charge is 0.0349 e. The Morgan fingerprint density at radius 3 is 2.87 bits per heavy atom. The van der Waals surface area contributed by atoms with Gasteiger partial charge in [-0.05, 0) is 51.4 Å². The van der Waals surface area contributed by atoms with E-state index in [1.807, 2.05) is 0 Å². The third-order valence-corrected chi connectivity index (χ3v) is 3.19. The lowest BCUT2D eigenvalue weighted by Gasteiger charge is -2.13. The number of nitrogens with zero attached hydrogens (tertiary/aromatic N) is 1. The lowest BCUT2D eigenvalue weighted by atomic mass is 10.1. The maximum atomic E-state index is 3.34. The van der Waals surface area contributed by atoms with E-state index >= 15 is 0 Å². The molecule has 0 aromatic rings. The first-order valence-electron chi connectivity index (χ1n) is 6.46. The van der Waals surface area contributed by atoms with Crippen molar-refractivity contribution in [3.8, 4) is 0 Å². The van der Waals surface area contributed by atoms with Gasteiger partial charge in [-0.3, -0.25) is 4.90 Å². The molecule has 0 aliphatic carbocycles. The van der Waals surface area contributed by atoms with Gasteiger partial charge in [-0.1, -0.05) is 26.2 Å². The molecule has 1 rings (SSSR count). The van der Waals surface area contributed by atoms with Crippen molar-refractivity contribution in [2.75, 3.05) is 13.6 Å². The fourth-order valence-electron chi connectivity index (χ4n) is 2.08. The van der Waals surface area contributed by atoms with Gasteiger partial charge in [0.1, 0.15) is 0 Å². The van der Waals surface area contributed by atoms with Crippen LogP contribution in [-0.4, -0.2) is 24.5 Å². The van der Waals surface area contributed by atoms with Crippen LogP contribution in [0, 0.1) is 0 Å². The van der Waals surface area contributed by atoms with Crippen molar-refractivity contribution in [2.24, 2.45) is 0 Å². The highest BCUT2D eigenvalue weighted by molar-refractivity contribution is 4.96. The predicted molar refractivity (Wildman–Crippen MR) is 67.1 cm³/mol. The van der Waals surface area contributed by atoms with Crippen LogP contribution in [0.3, 0.4) is 0 Å². The highest BCUT2D eigenvalue weighted by Crippen LogP contribution is 2.15. The van der Waals surface area contributed by atoms with Crippen molar-refractivity contribution >= 4 is 0 Å². The summed E-state index contributed by atoms with van der Waals surface area (Å²) >= 11 is 0. The summed E-state index contributed by atoms with van der Waals surface area (Å²) in [5.74, 6) is 0. The maximum absolute atomic E-state index is 3.34. The summed E-state index contributed by atoms with van der Waals surface area (Å²) < 4.78 is 0. The topological polar surface area (TPSA) is 3.24 Å². The number of hydrogen-bond donors (Lipinski definition) is 0. The Balaban J connectivity index is 2.11. The van der Waals surface area contributed by atoms with E-state index in [1.54, 1.807) is 0 Å². The van der Waals surface area contributed by atoms with E-state index in [0.717, 1.165) is 0 Å². The molecule has 1 saturated heterocycles.